The molecule has 0 atom stereocenters. The molecule has 0 aliphatic carbocycles. The molecule has 7 heteroatoms. The average molecular weight is 449 g/mol. The summed E-state index contributed by atoms with van der Waals surface area (Å²) in [5.74, 6) is 0.530. The molecule has 1 N–H and O–H groups in total. The van der Waals surface area contributed by atoms with Crippen molar-refractivity contribution in [3.8, 4) is 11.3 Å². The summed E-state index contributed by atoms with van der Waals surface area (Å²) in [6.07, 6.45) is 2.59. The number of hydrogen-bond donors (Lipinski definition) is 1. The second kappa shape index (κ2) is 8.81. The zero-order valence-electron chi connectivity index (χ0n) is 18.0. The topological polar surface area (TPSA) is 65.4 Å². The van der Waals surface area contributed by atoms with Gasteiger partial charge in [-0.25, -0.2) is 4.98 Å². The molecule has 3 heterocycles. The lowest BCUT2D eigenvalue weighted by molar-refractivity contribution is 0.261. The number of aryl methyl sites for hydroxylation is 1. The summed E-state index contributed by atoms with van der Waals surface area (Å²) >= 11 is 6.34. The lowest BCUT2D eigenvalue weighted by atomic mass is 10.0. The molecule has 164 valence electrons. The molecular weight excluding hydrogens is 424 g/mol. The van der Waals surface area contributed by atoms with Crippen molar-refractivity contribution in [2.24, 2.45) is 0 Å². The maximum Gasteiger partial charge on any atom is 0.260 e. The van der Waals surface area contributed by atoms with E-state index in [9.17, 15) is 4.79 Å². The van der Waals surface area contributed by atoms with Gasteiger partial charge in [0.1, 0.15) is 12.0 Å². The Hall–Kier alpha value is -3.09. The van der Waals surface area contributed by atoms with E-state index in [1.807, 2.05) is 18.2 Å². The molecular formula is C25H25ClN4O2. The monoisotopic (exact) mass is 448 g/mol. The van der Waals surface area contributed by atoms with E-state index in [4.69, 9.17) is 16.0 Å². The molecule has 2 aromatic heterocycles. The Bertz CT molecular complexity index is 1290. The van der Waals surface area contributed by atoms with Gasteiger partial charge >= 0.3 is 0 Å². The summed E-state index contributed by atoms with van der Waals surface area (Å²) in [5.41, 5.74) is 3.91. The van der Waals surface area contributed by atoms with Crippen LogP contribution in [0.15, 0.2) is 64.0 Å². The number of fused-ring (bicyclic) bond motifs is 1. The minimum Gasteiger partial charge on any atom is -0.449 e. The third kappa shape index (κ3) is 4.16. The van der Waals surface area contributed by atoms with Crippen molar-refractivity contribution in [1.82, 2.24) is 14.9 Å². The first-order valence-corrected chi connectivity index (χ1v) is 11.3. The lowest BCUT2D eigenvalue weighted by Gasteiger charge is -2.37. The Morgan fingerprint density at radius 3 is 2.59 bits per heavy atom. The van der Waals surface area contributed by atoms with E-state index in [0.29, 0.717) is 22.2 Å². The van der Waals surface area contributed by atoms with Gasteiger partial charge < -0.3 is 14.3 Å². The lowest BCUT2D eigenvalue weighted by Crippen LogP contribution is -2.47. The van der Waals surface area contributed by atoms with Crippen molar-refractivity contribution in [2.45, 2.75) is 13.3 Å². The van der Waals surface area contributed by atoms with Gasteiger partial charge in [-0.05, 0) is 30.2 Å². The number of anilines is 1. The van der Waals surface area contributed by atoms with Crippen molar-refractivity contribution >= 4 is 28.2 Å². The number of nitrogens with one attached hydrogen (secondary N) is 1. The molecule has 6 nitrogen and oxygen atoms in total. The van der Waals surface area contributed by atoms with Crippen LogP contribution in [0.2, 0.25) is 5.02 Å². The largest absolute Gasteiger partial charge is 0.449 e. The Labute approximate surface area is 191 Å². The fraction of sp³-hybridized carbons (Fsp3) is 0.280. The first-order chi connectivity index (χ1) is 15.6. The van der Waals surface area contributed by atoms with Gasteiger partial charge in [0.05, 0.1) is 16.8 Å². The van der Waals surface area contributed by atoms with Gasteiger partial charge in [0.15, 0.2) is 5.89 Å². The zero-order chi connectivity index (χ0) is 22.1. The van der Waals surface area contributed by atoms with Crippen LogP contribution in [0.4, 0.5) is 5.69 Å². The van der Waals surface area contributed by atoms with Crippen LogP contribution in [0.3, 0.4) is 0 Å². The van der Waals surface area contributed by atoms with Crippen LogP contribution in [0.1, 0.15) is 11.5 Å². The number of nitrogens with zero attached hydrogens (tertiary/aromatic N) is 3. The first kappa shape index (κ1) is 20.8. The standard InChI is InChI=1S/C25H25ClN4O2/c1-17-27-22(16-32-17)23-24(20-15-19(26)7-8-21(20)28-25(23)31)30-13-11-29(12-14-30)10-9-18-5-3-2-4-6-18/h2-8,15-16H,9-14H2,1H3,(H,28,31). The molecule has 0 unspecified atom stereocenters. The van der Waals surface area contributed by atoms with Gasteiger partial charge in [-0.15, -0.1) is 0 Å². The van der Waals surface area contributed by atoms with E-state index in [-0.39, 0.29) is 5.56 Å². The summed E-state index contributed by atoms with van der Waals surface area (Å²) in [4.78, 5) is 25.3. The summed E-state index contributed by atoms with van der Waals surface area (Å²) in [6.45, 7) is 6.31. The average Bonchev–Trinajstić information content (AvgIpc) is 3.24. The van der Waals surface area contributed by atoms with Crippen molar-refractivity contribution in [3.63, 3.8) is 0 Å². The van der Waals surface area contributed by atoms with Crippen LogP contribution < -0.4 is 10.5 Å². The van der Waals surface area contributed by atoms with E-state index in [0.717, 1.165) is 55.7 Å². The molecule has 0 bridgehead atoms. The molecule has 5 rings (SSSR count). The highest BCUT2D eigenvalue weighted by Gasteiger charge is 2.25. The normalized spacial score (nSPS) is 14.9. The van der Waals surface area contributed by atoms with Crippen LogP contribution in [0.5, 0.6) is 0 Å². The minimum absolute atomic E-state index is 0.172. The van der Waals surface area contributed by atoms with Crippen molar-refractivity contribution in [1.29, 1.82) is 0 Å². The second-order valence-electron chi connectivity index (χ2n) is 8.18. The number of benzene rings is 2. The Balaban J connectivity index is 1.45. The predicted molar refractivity (Wildman–Crippen MR) is 129 cm³/mol. The molecule has 1 aliphatic rings. The predicted octanol–water partition coefficient (Wildman–Crippen LogP) is 4.51. The van der Waals surface area contributed by atoms with Gasteiger partial charge in [-0.1, -0.05) is 41.9 Å². The van der Waals surface area contributed by atoms with Crippen LogP contribution in [-0.2, 0) is 6.42 Å². The number of halogens is 1. The fourth-order valence-corrected chi connectivity index (χ4v) is 4.59. The molecule has 0 radical (unpaired) electrons. The van der Waals surface area contributed by atoms with Gasteiger partial charge in [-0.2, -0.15) is 0 Å². The maximum absolute atomic E-state index is 13.1. The van der Waals surface area contributed by atoms with Crippen molar-refractivity contribution in [2.75, 3.05) is 37.6 Å². The number of pyridine rings is 1. The Morgan fingerprint density at radius 2 is 1.88 bits per heavy atom. The number of aromatic nitrogens is 2. The number of aromatic amines is 1. The molecule has 32 heavy (non-hydrogen) atoms. The quantitative estimate of drug-likeness (QED) is 0.486. The van der Waals surface area contributed by atoms with Gasteiger partial charge in [0.2, 0.25) is 0 Å². The van der Waals surface area contributed by atoms with Crippen molar-refractivity contribution < 1.29 is 4.42 Å². The van der Waals surface area contributed by atoms with E-state index in [2.05, 4.69) is 44.0 Å². The van der Waals surface area contributed by atoms with Gasteiger partial charge in [0, 0.05) is 50.1 Å². The number of rotatable bonds is 5. The molecule has 0 amide bonds. The minimum atomic E-state index is -0.172. The number of oxazole rings is 1. The highest BCUT2D eigenvalue weighted by molar-refractivity contribution is 6.31. The van der Waals surface area contributed by atoms with E-state index >= 15 is 0 Å². The Morgan fingerprint density at radius 1 is 1.09 bits per heavy atom. The summed E-state index contributed by atoms with van der Waals surface area (Å²) < 4.78 is 5.43. The molecule has 1 fully saturated rings. The molecule has 1 saturated heterocycles. The van der Waals surface area contributed by atoms with Crippen LogP contribution >= 0.6 is 11.6 Å². The fourth-order valence-electron chi connectivity index (χ4n) is 4.42. The number of H-pyrrole nitrogens is 1. The molecule has 0 spiro atoms. The molecule has 4 aromatic rings. The van der Waals surface area contributed by atoms with Gasteiger partial charge in [0.25, 0.3) is 5.56 Å². The third-order valence-electron chi connectivity index (χ3n) is 6.07. The summed E-state index contributed by atoms with van der Waals surface area (Å²) in [7, 11) is 0. The Kier molecular flexibility index (Phi) is 5.72. The number of hydrogen-bond acceptors (Lipinski definition) is 5. The van der Waals surface area contributed by atoms with E-state index in [1.165, 1.54) is 5.56 Å². The van der Waals surface area contributed by atoms with Gasteiger partial charge in [-0.3, -0.25) is 9.69 Å². The van der Waals surface area contributed by atoms with Crippen molar-refractivity contribution in [3.05, 3.63) is 81.6 Å². The van der Waals surface area contributed by atoms with Crippen LogP contribution in [0, 0.1) is 6.92 Å². The third-order valence-corrected chi connectivity index (χ3v) is 6.31. The van der Waals surface area contributed by atoms with Crippen LogP contribution in [0.25, 0.3) is 22.2 Å². The van der Waals surface area contributed by atoms with Crippen LogP contribution in [-0.4, -0.2) is 47.6 Å². The highest BCUT2D eigenvalue weighted by atomic mass is 35.5. The summed E-state index contributed by atoms with van der Waals surface area (Å²) in [5, 5.41) is 1.56. The van der Waals surface area contributed by atoms with E-state index in [1.54, 1.807) is 19.3 Å². The number of piperazine rings is 1. The first-order valence-electron chi connectivity index (χ1n) is 10.9. The highest BCUT2D eigenvalue weighted by Crippen LogP contribution is 2.35. The maximum atomic E-state index is 13.1. The van der Waals surface area contributed by atoms with E-state index < -0.39 is 0 Å². The SMILES string of the molecule is Cc1nc(-c2c(N3CCN(CCc4ccccc4)CC3)c3cc(Cl)ccc3[nH]c2=O)co1. The zero-order valence-corrected chi connectivity index (χ0v) is 18.7. The summed E-state index contributed by atoms with van der Waals surface area (Å²) in [6, 6.07) is 16.1. The molecule has 2 aromatic carbocycles. The molecule has 1 aliphatic heterocycles. The smallest absolute Gasteiger partial charge is 0.260 e. The second-order valence-corrected chi connectivity index (χ2v) is 8.62. The molecule has 0 saturated carbocycles.